The van der Waals surface area contributed by atoms with Gasteiger partial charge in [-0.25, -0.2) is 9.18 Å². The molecule has 7 nitrogen and oxygen atoms in total. The van der Waals surface area contributed by atoms with Crippen LogP contribution >= 0.6 is 0 Å². The van der Waals surface area contributed by atoms with Gasteiger partial charge in [-0.2, -0.15) is 5.10 Å². The molecule has 37 heavy (non-hydrogen) atoms. The molecule has 0 spiro atoms. The first-order valence-electron chi connectivity index (χ1n) is 12.0. The number of anilines is 1. The van der Waals surface area contributed by atoms with Crippen molar-refractivity contribution in [3.8, 4) is 22.3 Å². The Morgan fingerprint density at radius 1 is 1.00 bits per heavy atom. The van der Waals surface area contributed by atoms with E-state index in [9.17, 15) is 19.1 Å². The number of hydrogen-bond acceptors (Lipinski definition) is 4. The van der Waals surface area contributed by atoms with Gasteiger partial charge in [-0.1, -0.05) is 66.7 Å². The summed E-state index contributed by atoms with van der Waals surface area (Å²) >= 11 is 0. The number of aryl methyl sites for hydroxylation is 1. The van der Waals surface area contributed by atoms with E-state index in [1.54, 1.807) is 38.4 Å². The van der Waals surface area contributed by atoms with Crippen molar-refractivity contribution in [1.29, 1.82) is 0 Å². The van der Waals surface area contributed by atoms with Crippen molar-refractivity contribution in [2.24, 2.45) is 7.05 Å². The minimum Gasteiger partial charge on any atom is -0.481 e. The average molecular weight is 500 g/mol. The predicted molar refractivity (Wildman–Crippen MR) is 138 cm³/mol. The van der Waals surface area contributed by atoms with Gasteiger partial charge in [0.25, 0.3) is 0 Å². The second-order valence-electron chi connectivity index (χ2n) is 9.27. The van der Waals surface area contributed by atoms with Gasteiger partial charge in [-0.05, 0) is 48.1 Å². The molecule has 1 aromatic heterocycles. The first-order valence-corrected chi connectivity index (χ1v) is 12.0. The van der Waals surface area contributed by atoms with Crippen LogP contribution in [-0.2, 0) is 22.0 Å². The summed E-state index contributed by atoms with van der Waals surface area (Å²) in [6.07, 6.45) is 1.52. The van der Waals surface area contributed by atoms with Crippen LogP contribution < -0.4 is 5.32 Å². The second kappa shape index (κ2) is 9.54. The zero-order valence-electron chi connectivity index (χ0n) is 20.4. The van der Waals surface area contributed by atoms with Crippen molar-refractivity contribution in [2.45, 2.75) is 31.3 Å². The van der Waals surface area contributed by atoms with E-state index in [-0.39, 0.29) is 0 Å². The molecule has 3 aromatic carbocycles. The molecule has 8 heteroatoms. The van der Waals surface area contributed by atoms with Crippen LogP contribution in [0.15, 0.2) is 79.0 Å². The SMILES string of the molecule is CC(OC(=O)Nc1c(-c2ccc(-c3ccc(C4(C(=O)O)CC4)cc3)cc2)cnn1C)c1ccccc1F. The normalized spacial score (nSPS) is 14.6. The molecule has 1 saturated carbocycles. The molecule has 0 aliphatic heterocycles. The molecular formula is C29H26FN3O4. The van der Waals surface area contributed by atoms with E-state index in [4.69, 9.17) is 4.74 Å². The largest absolute Gasteiger partial charge is 0.481 e. The number of carbonyl (C=O) groups excluding carboxylic acids is 1. The van der Waals surface area contributed by atoms with Gasteiger partial charge in [0.15, 0.2) is 0 Å². The molecule has 0 radical (unpaired) electrons. The molecule has 1 fully saturated rings. The lowest BCUT2D eigenvalue weighted by atomic mass is 9.93. The van der Waals surface area contributed by atoms with Gasteiger partial charge >= 0.3 is 12.1 Å². The fourth-order valence-corrected chi connectivity index (χ4v) is 4.53. The van der Waals surface area contributed by atoms with Crippen molar-refractivity contribution in [1.82, 2.24) is 9.78 Å². The minimum atomic E-state index is -0.770. The molecule has 0 bridgehead atoms. The van der Waals surface area contributed by atoms with E-state index in [0.717, 1.165) is 22.3 Å². The number of carbonyl (C=O) groups is 2. The molecule has 4 aromatic rings. The third-order valence-electron chi connectivity index (χ3n) is 6.91. The Labute approximate surface area is 213 Å². The Hall–Kier alpha value is -4.46. The molecule has 1 amide bonds. The van der Waals surface area contributed by atoms with Gasteiger partial charge in [0.05, 0.1) is 11.6 Å². The number of carboxylic acid groups (broad SMARTS) is 1. The van der Waals surface area contributed by atoms with Crippen molar-refractivity contribution in [3.63, 3.8) is 0 Å². The Kier molecular flexibility index (Phi) is 6.25. The van der Waals surface area contributed by atoms with Crippen LogP contribution in [0.5, 0.6) is 0 Å². The van der Waals surface area contributed by atoms with Crippen molar-refractivity contribution in [2.75, 3.05) is 5.32 Å². The summed E-state index contributed by atoms with van der Waals surface area (Å²) in [5.74, 6) is -0.755. The van der Waals surface area contributed by atoms with Crippen LogP contribution in [-0.4, -0.2) is 26.9 Å². The van der Waals surface area contributed by atoms with E-state index in [0.29, 0.717) is 29.8 Å². The zero-order chi connectivity index (χ0) is 26.2. The maximum Gasteiger partial charge on any atom is 0.413 e. The number of benzene rings is 3. The summed E-state index contributed by atoms with van der Waals surface area (Å²) in [6.45, 7) is 1.61. The maximum atomic E-state index is 14.0. The average Bonchev–Trinajstić information content (AvgIpc) is 3.64. The molecule has 1 unspecified atom stereocenters. The van der Waals surface area contributed by atoms with Crippen LogP contribution in [0.1, 0.15) is 37.0 Å². The molecule has 1 heterocycles. The molecule has 2 N–H and O–H groups in total. The smallest absolute Gasteiger partial charge is 0.413 e. The number of aliphatic carboxylic acids is 1. The summed E-state index contributed by atoms with van der Waals surface area (Å²) in [4.78, 5) is 24.2. The van der Waals surface area contributed by atoms with Crippen LogP contribution in [0.25, 0.3) is 22.3 Å². The number of halogens is 1. The lowest BCUT2D eigenvalue weighted by Gasteiger charge is -2.15. The lowest BCUT2D eigenvalue weighted by molar-refractivity contribution is -0.140. The maximum absolute atomic E-state index is 14.0. The minimum absolute atomic E-state index is 0.293. The van der Waals surface area contributed by atoms with Gasteiger partial charge in [0.2, 0.25) is 0 Å². The quantitative estimate of drug-likeness (QED) is 0.310. The van der Waals surface area contributed by atoms with E-state index >= 15 is 0 Å². The Bertz CT molecular complexity index is 1460. The van der Waals surface area contributed by atoms with Gasteiger partial charge in [-0.15, -0.1) is 0 Å². The van der Waals surface area contributed by atoms with Crippen LogP contribution in [0.2, 0.25) is 0 Å². The Morgan fingerprint density at radius 2 is 1.59 bits per heavy atom. The molecule has 5 rings (SSSR count). The highest BCUT2D eigenvalue weighted by molar-refractivity contribution is 5.90. The summed E-state index contributed by atoms with van der Waals surface area (Å²) < 4.78 is 21.0. The van der Waals surface area contributed by atoms with E-state index < -0.39 is 29.4 Å². The molecule has 1 aliphatic carbocycles. The molecular weight excluding hydrogens is 473 g/mol. The first kappa shape index (κ1) is 24.2. The van der Waals surface area contributed by atoms with Crippen molar-refractivity contribution in [3.05, 3.63) is 95.9 Å². The fraction of sp³-hybridized carbons (Fsp3) is 0.207. The van der Waals surface area contributed by atoms with Gasteiger partial charge < -0.3 is 9.84 Å². The summed E-state index contributed by atoms with van der Waals surface area (Å²) in [5, 5.41) is 16.5. The molecule has 188 valence electrons. The number of amides is 1. The Morgan fingerprint density at radius 3 is 2.19 bits per heavy atom. The van der Waals surface area contributed by atoms with Gasteiger partial charge in [0.1, 0.15) is 17.7 Å². The van der Waals surface area contributed by atoms with Crippen molar-refractivity contribution >= 4 is 17.9 Å². The van der Waals surface area contributed by atoms with Gasteiger partial charge in [0, 0.05) is 18.2 Å². The summed E-state index contributed by atoms with van der Waals surface area (Å²) in [6, 6.07) is 21.6. The van der Waals surface area contributed by atoms with E-state index in [1.807, 2.05) is 48.5 Å². The second-order valence-corrected chi connectivity index (χ2v) is 9.27. The summed E-state index contributed by atoms with van der Waals surface area (Å²) in [5.41, 5.74) is 3.91. The molecule has 1 aliphatic rings. The zero-order valence-corrected chi connectivity index (χ0v) is 20.4. The number of carboxylic acids is 1. The molecule has 1 atom stereocenters. The number of aromatic nitrogens is 2. The van der Waals surface area contributed by atoms with E-state index in [1.165, 1.54) is 10.7 Å². The Balaban J connectivity index is 1.30. The number of nitrogens with one attached hydrogen (secondary N) is 1. The molecule has 0 saturated heterocycles. The van der Waals surface area contributed by atoms with Gasteiger partial charge in [-0.3, -0.25) is 14.8 Å². The number of nitrogens with zero attached hydrogens (tertiary/aromatic N) is 2. The van der Waals surface area contributed by atoms with E-state index in [2.05, 4.69) is 10.4 Å². The standard InChI is InChI=1S/C29H26FN3O4/c1-18(23-5-3-4-6-25(23)30)37-28(36)32-26-24(17-31-33(26)2)21-9-7-19(8-10-21)20-11-13-22(14-12-20)29(15-16-29)27(34)35/h3-14,17-18H,15-16H2,1-2H3,(H,32,36)(H,34,35). The number of rotatable bonds is 7. The number of ether oxygens (including phenoxy) is 1. The summed E-state index contributed by atoms with van der Waals surface area (Å²) in [7, 11) is 1.71. The first-order chi connectivity index (χ1) is 17.8. The fourth-order valence-electron chi connectivity index (χ4n) is 4.53. The van der Waals surface area contributed by atoms with Crippen LogP contribution in [0, 0.1) is 5.82 Å². The lowest BCUT2D eigenvalue weighted by Crippen LogP contribution is -2.19. The monoisotopic (exact) mass is 499 g/mol. The van der Waals surface area contributed by atoms with Crippen LogP contribution in [0.3, 0.4) is 0 Å². The number of hydrogen-bond donors (Lipinski definition) is 2. The third kappa shape index (κ3) is 4.70. The highest BCUT2D eigenvalue weighted by Crippen LogP contribution is 2.48. The topological polar surface area (TPSA) is 93.4 Å². The van der Waals surface area contributed by atoms with Crippen LogP contribution in [0.4, 0.5) is 15.0 Å². The predicted octanol–water partition coefficient (Wildman–Crippen LogP) is 6.32. The highest BCUT2D eigenvalue weighted by atomic mass is 19.1. The highest BCUT2D eigenvalue weighted by Gasteiger charge is 2.51. The third-order valence-corrected chi connectivity index (χ3v) is 6.91. The van der Waals surface area contributed by atoms with Crippen molar-refractivity contribution < 1.29 is 23.8 Å².